The van der Waals surface area contributed by atoms with Crippen molar-refractivity contribution in [1.29, 1.82) is 0 Å². The Morgan fingerprint density at radius 3 is 2.27 bits per heavy atom. The maximum atomic E-state index is 13.6. The van der Waals surface area contributed by atoms with Gasteiger partial charge in [0.25, 0.3) is 5.91 Å². The Bertz CT molecular complexity index is 1420. The van der Waals surface area contributed by atoms with Gasteiger partial charge < -0.3 is 10.6 Å². The molecule has 0 bridgehead atoms. The van der Waals surface area contributed by atoms with Crippen LogP contribution in [0.1, 0.15) is 50.4 Å². The molecule has 0 aliphatic carbocycles. The Morgan fingerprint density at radius 1 is 0.973 bits per heavy atom. The molecule has 4 aromatic rings. The van der Waals surface area contributed by atoms with Gasteiger partial charge in [-0.1, -0.05) is 105 Å². The Kier molecular flexibility index (Phi) is 6.89. The highest BCUT2D eigenvalue weighted by Crippen LogP contribution is 2.37. The van der Waals surface area contributed by atoms with E-state index >= 15 is 0 Å². The average Bonchev–Trinajstić information content (AvgIpc) is 3.29. The topological polar surface area (TPSA) is 71.8 Å². The molecule has 7 heteroatoms. The van der Waals surface area contributed by atoms with Crippen molar-refractivity contribution in [2.75, 3.05) is 10.6 Å². The molecule has 1 aromatic heterocycles. The van der Waals surface area contributed by atoms with Crippen LogP contribution < -0.4 is 10.6 Å². The number of carbonyl (C=O) groups excluding carboxylic acids is 1. The molecule has 0 saturated heterocycles. The summed E-state index contributed by atoms with van der Waals surface area (Å²) in [5.41, 5.74) is 5.59. The van der Waals surface area contributed by atoms with Gasteiger partial charge in [0, 0.05) is 17.1 Å². The predicted octanol–water partition coefficient (Wildman–Crippen LogP) is 6.80. The molecular formula is C30H31N5OS. The number of carbonyl (C=O) groups is 1. The lowest BCUT2D eigenvalue weighted by Gasteiger charge is -2.29. The van der Waals surface area contributed by atoms with Crippen LogP contribution in [-0.2, 0) is 16.0 Å². The van der Waals surface area contributed by atoms with Gasteiger partial charge in [0.15, 0.2) is 0 Å². The summed E-state index contributed by atoms with van der Waals surface area (Å²) >= 11 is 1.58. The zero-order valence-electron chi connectivity index (χ0n) is 21.5. The van der Waals surface area contributed by atoms with Crippen molar-refractivity contribution in [1.82, 2.24) is 14.8 Å². The lowest BCUT2D eigenvalue weighted by atomic mass is 9.85. The molecule has 1 aliphatic rings. The van der Waals surface area contributed by atoms with Crippen molar-refractivity contribution < 1.29 is 4.79 Å². The fraction of sp³-hybridized carbons (Fsp3) is 0.233. The molecule has 6 nitrogen and oxygen atoms in total. The van der Waals surface area contributed by atoms with Gasteiger partial charge in [-0.2, -0.15) is 4.98 Å². The molecule has 1 aliphatic heterocycles. The van der Waals surface area contributed by atoms with Crippen molar-refractivity contribution in [3.05, 3.63) is 113 Å². The molecule has 188 valence electrons. The molecule has 3 aromatic carbocycles. The van der Waals surface area contributed by atoms with E-state index in [2.05, 4.69) is 67.8 Å². The number of allylic oxidation sites excluding steroid dienone is 1. The number of rotatable bonds is 6. The molecule has 0 saturated carbocycles. The molecule has 2 heterocycles. The standard InChI is InChI=1S/C30H31N5OS/c1-20-25(27(36)32-24-13-9-6-10-14-24)26(22-15-17-23(18-16-22)30(2,3)4)35-28(31-20)33-29(34-35)37-19-21-11-7-5-8-12-21/h5-18,26H,19H2,1-4H3,(H,32,36)(H,31,33,34). The van der Waals surface area contributed by atoms with E-state index in [4.69, 9.17) is 10.1 Å². The van der Waals surface area contributed by atoms with Gasteiger partial charge in [0.05, 0.1) is 5.57 Å². The first-order valence-electron chi connectivity index (χ1n) is 12.4. The van der Waals surface area contributed by atoms with Gasteiger partial charge >= 0.3 is 0 Å². The second-order valence-electron chi connectivity index (χ2n) is 10.2. The van der Waals surface area contributed by atoms with Crippen molar-refractivity contribution >= 4 is 29.3 Å². The predicted molar refractivity (Wildman–Crippen MR) is 151 cm³/mol. The number of amides is 1. The number of nitrogens with zero attached hydrogens (tertiary/aromatic N) is 3. The quantitative estimate of drug-likeness (QED) is 0.280. The molecule has 1 atom stereocenters. The Labute approximate surface area is 222 Å². The normalized spacial score (nSPS) is 15.2. The third-order valence-electron chi connectivity index (χ3n) is 6.41. The molecule has 1 unspecified atom stereocenters. The van der Waals surface area contributed by atoms with Crippen LogP contribution in [0.5, 0.6) is 0 Å². The maximum absolute atomic E-state index is 13.6. The minimum Gasteiger partial charge on any atom is -0.328 e. The second-order valence-corrected chi connectivity index (χ2v) is 11.1. The number of hydrogen-bond donors (Lipinski definition) is 2. The second kappa shape index (κ2) is 10.3. The van der Waals surface area contributed by atoms with Gasteiger partial charge in [-0.3, -0.25) is 4.79 Å². The van der Waals surface area contributed by atoms with Crippen LogP contribution in [-0.4, -0.2) is 20.7 Å². The number of anilines is 2. The van der Waals surface area contributed by atoms with Crippen LogP contribution in [0, 0.1) is 0 Å². The number of benzene rings is 3. The summed E-state index contributed by atoms with van der Waals surface area (Å²) < 4.78 is 1.84. The number of fused-ring (bicyclic) bond motifs is 1. The van der Waals surface area contributed by atoms with E-state index in [0.29, 0.717) is 16.7 Å². The minimum absolute atomic E-state index is 0.0333. The fourth-order valence-electron chi connectivity index (χ4n) is 4.40. The number of aromatic nitrogens is 3. The number of nitrogens with one attached hydrogen (secondary N) is 2. The highest BCUT2D eigenvalue weighted by atomic mass is 32.2. The lowest BCUT2D eigenvalue weighted by molar-refractivity contribution is -0.113. The number of thioether (sulfide) groups is 1. The first-order chi connectivity index (χ1) is 17.8. The Hall–Kier alpha value is -3.84. The number of hydrogen-bond acceptors (Lipinski definition) is 5. The smallest absolute Gasteiger partial charge is 0.255 e. The van der Waals surface area contributed by atoms with Crippen LogP contribution in [0.4, 0.5) is 11.6 Å². The van der Waals surface area contributed by atoms with Gasteiger partial charge in [0.2, 0.25) is 11.1 Å². The van der Waals surface area contributed by atoms with Crippen molar-refractivity contribution in [2.45, 2.75) is 50.1 Å². The molecule has 0 radical (unpaired) electrons. The van der Waals surface area contributed by atoms with Crippen molar-refractivity contribution in [3.8, 4) is 0 Å². The first-order valence-corrected chi connectivity index (χ1v) is 13.4. The van der Waals surface area contributed by atoms with E-state index in [-0.39, 0.29) is 11.3 Å². The molecule has 0 spiro atoms. The number of para-hydroxylation sites is 1. The van der Waals surface area contributed by atoms with Crippen LogP contribution in [0.25, 0.3) is 0 Å². The van der Waals surface area contributed by atoms with Crippen molar-refractivity contribution in [2.24, 2.45) is 0 Å². The van der Waals surface area contributed by atoms with E-state index in [9.17, 15) is 4.79 Å². The molecule has 37 heavy (non-hydrogen) atoms. The van der Waals surface area contributed by atoms with Gasteiger partial charge in [-0.15, -0.1) is 5.10 Å². The van der Waals surface area contributed by atoms with Crippen LogP contribution in [0.15, 0.2) is 101 Å². The van der Waals surface area contributed by atoms with Crippen molar-refractivity contribution in [3.63, 3.8) is 0 Å². The monoisotopic (exact) mass is 509 g/mol. The molecule has 2 N–H and O–H groups in total. The zero-order valence-corrected chi connectivity index (χ0v) is 22.3. The zero-order chi connectivity index (χ0) is 26.0. The van der Waals surface area contributed by atoms with Crippen LogP contribution in [0.3, 0.4) is 0 Å². The Morgan fingerprint density at radius 2 is 1.62 bits per heavy atom. The molecule has 1 amide bonds. The highest BCUT2D eigenvalue weighted by molar-refractivity contribution is 7.98. The van der Waals surface area contributed by atoms with Gasteiger partial charge in [-0.25, -0.2) is 4.68 Å². The van der Waals surface area contributed by atoms with Crippen LogP contribution >= 0.6 is 11.8 Å². The van der Waals surface area contributed by atoms with Gasteiger partial charge in [-0.05, 0) is 41.2 Å². The highest BCUT2D eigenvalue weighted by Gasteiger charge is 2.34. The lowest BCUT2D eigenvalue weighted by Crippen LogP contribution is -2.31. The molecule has 0 fully saturated rings. The summed E-state index contributed by atoms with van der Waals surface area (Å²) in [6, 6.07) is 27.9. The summed E-state index contributed by atoms with van der Waals surface area (Å²) in [5.74, 6) is 1.23. The average molecular weight is 510 g/mol. The van der Waals surface area contributed by atoms with E-state index in [1.54, 1.807) is 11.8 Å². The summed E-state index contributed by atoms with van der Waals surface area (Å²) in [7, 11) is 0. The third kappa shape index (κ3) is 5.47. The third-order valence-corrected chi connectivity index (χ3v) is 7.32. The SMILES string of the molecule is CC1=C(C(=O)Nc2ccccc2)C(c2ccc(C(C)(C)C)cc2)n2nc(SCc3ccccc3)nc2N1. The summed E-state index contributed by atoms with van der Waals surface area (Å²) in [6.07, 6.45) is 0. The van der Waals surface area contributed by atoms with E-state index in [1.807, 2.05) is 60.1 Å². The minimum atomic E-state index is -0.410. The summed E-state index contributed by atoms with van der Waals surface area (Å²) in [6.45, 7) is 8.51. The summed E-state index contributed by atoms with van der Waals surface area (Å²) in [4.78, 5) is 18.4. The first kappa shape index (κ1) is 24.8. The van der Waals surface area contributed by atoms with Gasteiger partial charge in [0.1, 0.15) is 6.04 Å². The molecular weight excluding hydrogens is 478 g/mol. The molecule has 5 rings (SSSR count). The summed E-state index contributed by atoms with van der Waals surface area (Å²) in [5, 5.41) is 11.9. The Balaban J connectivity index is 1.51. The maximum Gasteiger partial charge on any atom is 0.255 e. The largest absolute Gasteiger partial charge is 0.328 e. The van der Waals surface area contributed by atoms with E-state index in [0.717, 1.165) is 22.7 Å². The van der Waals surface area contributed by atoms with Crippen LogP contribution in [0.2, 0.25) is 0 Å². The fourth-order valence-corrected chi connectivity index (χ4v) is 5.19. The van der Waals surface area contributed by atoms with E-state index < -0.39 is 6.04 Å². The van der Waals surface area contributed by atoms with E-state index in [1.165, 1.54) is 11.1 Å².